The second-order valence-corrected chi connectivity index (χ2v) is 6.37. The van der Waals surface area contributed by atoms with E-state index in [2.05, 4.69) is 5.32 Å². The topological polar surface area (TPSA) is 84.5 Å². The van der Waals surface area contributed by atoms with Crippen molar-refractivity contribution in [3.05, 3.63) is 59.7 Å². The zero-order chi connectivity index (χ0) is 21.6. The van der Waals surface area contributed by atoms with Gasteiger partial charge in [0, 0.05) is 6.04 Å². The summed E-state index contributed by atoms with van der Waals surface area (Å²) >= 11 is 0. The van der Waals surface area contributed by atoms with E-state index < -0.39 is 36.3 Å². The molecule has 0 radical (unpaired) electrons. The van der Waals surface area contributed by atoms with Crippen molar-refractivity contribution in [2.45, 2.75) is 26.1 Å². The number of benzene rings is 2. The number of nitrogens with one attached hydrogen (secondary N) is 2. The van der Waals surface area contributed by atoms with E-state index in [1.54, 1.807) is 32.0 Å². The first kappa shape index (κ1) is 21.9. The van der Waals surface area contributed by atoms with Gasteiger partial charge in [-0.1, -0.05) is 30.3 Å². The number of carbonyl (C=O) groups excluding carboxylic acids is 3. The van der Waals surface area contributed by atoms with Gasteiger partial charge in [-0.15, -0.1) is 0 Å². The van der Waals surface area contributed by atoms with Crippen molar-refractivity contribution in [1.29, 1.82) is 0 Å². The van der Waals surface area contributed by atoms with Crippen LogP contribution in [0.15, 0.2) is 48.5 Å². The Bertz CT molecular complexity index is 893. The Hall–Kier alpha value is -3.36. The van der Waals surface area contributed by atoms with Gasteiger partial charge in [0.15, 0.2) is 6.61 Å². The van der Waals surface area contributed by atoms with Crippen molar-refractivity contribution in [1.82, 2.24) is 10.6 Å². The van der Waals surface area contributed by atoms with E-state index in [0.717, 1.165) is 12.1 Å². The standard InChI is InChI=1S/C20H19F3N2O4/c1-12(2)24-19(28)25-17(26)11-29-18(27)16-6-4-3-5-15(16)13-7-9-14(10-8-13)20(21,22)23/h3-10,12H,11H2,1-2H3,(H2,24,25,26,28). The van der Waals surface area contributed by atoms with Gasteiger partial charge in [-0.3, -0.25) is 10.1 Å². The minimum Gasteiger partial charge on any atom is -0.452 e. The number of rotatable bonds is 5. The van der Waals surface area contributed by atoms with Crippen LogP contribution in [0.3, 0.4) is 0 Å². The smallest absolute Gasteiger partial charge is 0.416 e. The fraction of sp³-hybridized carbons (Fsp3) is 0.250. The molecule has 0 aliphatic heterocycles. The molecule has 0 bridgehead atoms. The lowest BCUT2D eigenvalue weighted by Crippen LogP contribution is -2.44. The van der Waals surface area contributed by atoms with Crippen LogP contribution in [0.1, 0.15) is 29.8 Å². The van der Waals surface area contributed by atoms with Gasteiger partial charge in [0.25, 0.3) is 5.91 Å². The molecule has 0 aliphatic rings. The van der Waals surface area contributed by atoms with Crippen molar-refractivity contribution in [3.63, 3.8) is 0 Å². The van der Waals surface area contributed by atoms with Gasteiger partial charge in [0.1, 0.15) is 0 Å². The van der Waals surface area contributed by atoms with Gasteiger partial charge < -0.3 is 10.1 Å². The Morgan fingerprint density at radius 3 is 2.21 bits per heavy atom. The first-order valence-corrected chi connectivity index (χ1v) is 8.62. The number of urea groups is 1. The van der Waals surface area contributed by atoms with E-state index in [4.69, 9.17) is 4.74 Å². The summed E-state index contributed by atoms with van der Waals surface area (Å²) in [5.41, 5.74) is -0.000148. The van der Waals surface area contributed by atoms with E-state index in [1.807, 2.05) is 5.32 Å². The molecule has 29 heavy (non-hydrogen) atoms. The summed E-state index contributed by atoms with van der Waals surface area (Å²) < 4.78 is 43.1. The van der Waals surface area contributed by atoms with E-state index >= 15 is 0 Å². The quantitative estimate of drug-likeness (QED) is 0.738. The van der Waals surface area contributed by atoms with Crippen molar-refractivity contribution < 1.29 is 32.3 Å². The minimum absolute atomic E-state index is 0.0756. The highest BCUT2D eigenvalue weighted by Crippen LogP contribution is 2.32. The molecule has 2 aromatic rings. The molecule has 0 fully saturated rings. The maximum Gasteiger partial charge on any atom is 0.416 e. The van der Waals surface area contributed by atoms with Gasteiger partial charge in [-0.2, -0.15) is 13.2 Å². The zero-order valence-corrected chi connectivity index (χ0v) is 15.7. The van der Waals surface area contributed by atoms with Crippen LogP contribution < -0.4 is 10.6 Å². The van der Waals surface area contributed by atoms with Gasteiger partial charge in [-0.25, -0.2) is 9.59 Å². The number of ether oxygens (including phenoxy) is 1. The fourth-order valence-electron chi connectivity index (χ4n) is 2.42. The number of amides is 3. The van der Waals surface area contributed by atoms with E-state index in [-0.39, 0.29) is 11.6 Å². The molecule has 0 aromatic heterocycles. The molecule has 3 amide bonds. The largest absolute Gasteiger partial charge is 0.452 e. The van der Waals surface area contributed by atoms with Crippen LogP contribution in [-0.4, -0.2) is 30.6 Å². The number of imide groups is 1. The molecule has 154 valence electrons. The van der Waals surface area contributed by atoms with Gasteiger partial charge in [-0.05, 0) is 43.2 Å². The molecule has 0 saturated carbocycles. The third-order valence-electron chi connectivity index (χ3n) is 3.68. The molecular weight excluding hydrogens is 389 g/mol. The third-order valence-corrected chi connectivity index (χ3v) is 3.68. The number of hydrogen-bond donors (Lipinski definition) is 2. The average molecular weight is 408 g/mol. The molecular formula is C20H19F3N2O4. The van der Waals surface area contributed by atoms with Crippen LogP contribution in [0.2, 0.25) is 0 Å². The van der Waals surface area contributed by atoms with Crippen LogP contribution in [-0.2, 0) is 15.7 Å². The highest BCUT2D eigenvalue weighted by molar-refractivity contribution is 6.00. The number of halogens is 3. The molecule has 9 heteroatoms. The Morgan fingerprint density at radius 1 is 1.00 bits per heavy atom. The molecule has 2 rings (SSSR count). The van der Waals surface area contributed by atoms with Crippen LogP contribution in [0.5, 0.6) is 0 Å². The van der Waals surface area contributed by atoms with Crippen molar-refractivity contribution in [2.24, 2.45) is 0 Å². The summed E-state index contributed by atoms with van der Waals surface area (Å²) in [6, 6.07) is 9.58. The molecule has 0 unspecified atom stereocenters. The Labute approximate surface area is 165 Å². The maximum absolute atomic E-state index is 12.7. The molecule has 0 saturated heterocycles. The molecule has 0 atom stereocenters. The lowest BCUT2D eigenvalue weighted by molar-refractivity contribution is -0.137. The first-order valence-electron chi connectivity index (χ1n) is 8.62. The summed E-state index contributed by atoms with van der Waals surface area (Å²) in [7, 11) is 0. The van der Waals surface area contributed by atoms with Crippen molar-refractivity contribution in [2.75, 3.05) is 6.61 Å². The lowest BCUT2D eigenvalue weighted by atomic mass is 9.98. The zero-order valence-electron chi connectivity index (χ0n) is 15.7. The number of hydrogen-bond acceptors (Lipinski definition) is 4. The molecule has 0 spiro atoms. The Kier molecular flexibility index (Phi) is 6.98. The summed E-state index contributed by atoms with van der Waals surface area (Å²) in [5.74, 6) is -1.66. The molecule has 6 nitrogen and oxygen atoms in total. The highest BCUT2D eigenvalue weighted by atomic mass is 19.4. The summed E-state index contributed by atoms with van der Waals surface area (Å²) in [6.45, 7) is 2.73. The van der Waals surface area contributed by atoms with Crippen molar-refractivity contribution in [3.8, 4) is 11.1 Å². The summed E-state index contributed by atoms with van der Waals surface area (Å²) in [6.07, 6.45) is -4.47. The van der Waals surface area contributed by atoms with Crippen LogP contribution >= 0.6 is 0 Å². The number of carbonyl (C=O) groups is 3. The summed E-state index contributed by atoms with van der Waals surface area (Å²) in [5, 5.41) is 4.46. The number of alkyl halides is 3. The highest BCUT2D eigenvalue weighted by Gasteiger charge is 2.30. The second kappa shape index (κ2) is 9.22. The monoisotopic (exact) mass is 408 g/mol. The normalized spacial score (nSPS) is 11.1. The molecule has 2 aromatic carbocycles. The molecule has 0 aliphatic carbocycles. The lowest BCUT2D eigenvalue weighted by Gasteiger charge is -2.12. The third kappa shape index (κ3) is 6.34. The number of esters is 1. The second-order valence-electron chi connectivity index (χ2n) is 6.37. The Balaban J connectivity index is 2.09. The minimum atomic E-state index is -4.47. The van der Waals surface area contributed by atoms with E-state index in [9.17, 15) is 27.6 Å². The van der Waals surface area contributed by atoms with Gasteiger partial charge in [0.2, 0.25) is 0 Å². The van der Waals surface area contributed by atoms with E-state index in [1.165, 1.54) is 18.2 Å². The predicted molar refractivity (Wildman–Crippen MR) is 99.0 cm³/mol. The average Bonchev–Trinajstić information content (AvgIpc) is 2.65. The SMILES string of the molecule is CC(C)NC(=O)NC(=O)COC(=O)c1ccccc1-c1ccc(C(F)(F)F)cc1. The summed E-state index contributed by atoms with van der Waals surface area (Å²) in [4.78, 5) is 35.5. The fourth-order valence-corrected chi connectivity index (χ4v) is 2.42. The molecule has 2 N–H and O–H groups in total. The van der Waals surface area contributed by atoms with Crippen LogP contribution in [0, 0.1) is 0 Å². The molecule has 0 heterocycles. The van der Waals surface area contributed by atoms with Crippen molar-refractivity contribution >= 4 is 17.9 Å². The maximum atomic E-state index is 12.7. The predicted octanol–water partition coefficient (Wildman–Crippen LogP) is 3.76. The van der Waals surface area contributed by atoms with Crippen LogP contribution in [0.25, 0.3) is 11.1 Å². The first-order chi connectivity index (χ1) is 13.6. The van der Waals surface area contributed by atoms with Gasteiger partial charge >= 0.3 is 18.2 Å². The van der Waals surface area contributed by atoms with Gasteiger partial charge in [0.05, 0.1) is 11.1 Å². The van der Waals surface area contributed by atoms with Crippen LogP contribution in [0.4, 0.5) is 18.0 Å². The Morgan fingerprint density at radius 2 is 1.62 bits per heavy atom. The van der Waals surface area contributed by atoms with E-state index in [0.29, 0.717) is 11.1 Å².